The van der Waals surface area contributed by atoms with Crippen LogP contribution in [0.15, 0.2) is 24.3 Å². The molecule has 8 heteroatoms. The van der Waals surface area contributed by atoms with Crippen LogP contribution in [0, 0.1) is 21.8 Å². The fourth-order valence-electron chi connectivity index (χ4n) is 1.58. The third kappa shape index (κ3) is 2.91. The van der Waals surface area contributed by atoms with Crippen LogP contribution in [0.5, 0.6) is 0 Å². The van der Waals surface area contributed by atoms with Crippen LogP contribution in [-0.2, 0) is 6.54 Å². The third-order valence-electron chi connectivity index (χ3n) is 2.49. The number of nitro benzene ring substituents is 1. The number of nitrogens with zero attached hydrogens (tertiary/aromatic N) is 3. The summed E-state index contributed by atoms with van der Waals surface area (Å²) < 4.78 is 1.75. The zero-order valence-electron chi connectivity index (χ0n) is 9.99. The maximum atomic E-state index is 12.0. The van der Waals surface area contributed by atoms with Gasteiger partial charge in [0.2, 0.25) is 4.77 Å². The quantitative estimate of drug-likeness (QED) is 0.400. The lowest BCUT2D eigenvalue weighted by Gasteiger charge is -2.01. The van der Waals surface area contributed by atoms with E-state index in [-0.39, 0.29) is 18.0 Å². The molecule has 0 aliphatic carbocycles. The zero-order valence-corrected chi connectivity index (χ0v) is 10.8. The van der Waals surface area contributed by atoms with E-state index < -0.39 is 4.92 Å². The number of carbonyl (C=O) groups excluding carboxylic acids is 1. The fourth-order valence-corrected chi connectivity index (χ4v) is 1.83. The summed E-state index contributed by atoms with van der Waals surface area (Å²) in [6, 6.07) is 5.44. The second kappa shape index (κ2) is 5.11. The maximum Gasteiger partial charge on any atom is 0.269 e. The molecule has 2 rings (SSSR count). The summed E-state index contributed by atoms with van der Waals surface area (Å²) in [6.07, 6.45) is 0. The standard InChI is InChI=1S/C11H10N4O3S/c1-7-12-11(19)14(13-7)6-10(16)8-2-4-9(5-3-8)15(17)18/h2-5H,6H2,1H3,(H,12,13,19). The largest absolute Gasteiger partial charge is 0.292 e. The lowest BCUT2D eigenvalue weighted by atomic mass is 10.1. The van der Waals surface area contributed by atoms with E-state index in [2.05, 4.69) is 10.1 Å². The van der Waals surface area contributed by atoms with Gasteiger partial charge in [-0.15, -0.1) is 0 Å². The Hall–Kier alpha value is -2.35. The van der Waals surface area contributed by atoms with Crippen molar-refractivity contribution < 1.29 is 9.72 Å². The van der Waals surface area contributed by atoms with E-state index in [1.807, 2.05) is 0 Å². The molecule has 0 unspecified atom stereocenters. The monoisotopic (exact) mass is 278 g/mol. The molecule has 0 saturated carbocycles. The van der Waals surface area contributed by atoms with Gasteiger partial charge in [-0.3, -0.25) is 24.7 Å². The van der Waals surface area contributed by atoms with Gasteiger partial charge in [0.15, 0.2) is 5.78 Å². The van der Waals surface area contributed by atoms with Crippen LogP contribution in [0.1, 0.15) is 16.2 Å². The number of nitro groups is 1. The minimum atomic E-state index is -0.511. The Morgan fingerprint density at radius 2 is 2.11 bits per heavy atom. The lowest BCUT2D eigenvalue weighted by molar-refractivity contribution is -0.384. The fraction of sp³-hybridized carbons (Fsp3) is 0.182. The van der Waals surface area contributed by atoms with Gasteiger partial charge in [-0.05, 0) is 31.3 Å². The van der Waals surface area contributed by atoms with Crippen molar-refractivity contribution in [2.75, 3.05) is 0 Å². The van der Waals surface area contributed by atoms with E-state index in [9.17, 15) is 14.9 Å². The molecule has 0 radical (unpaired) electrons. The molecule has 1 heterocycles. The Balaban J connectivity index is 2.18. The van der Waals surface area contributed by atoms with Crippen LogP contribution in [0.4, 0.5) is 5.69 Å². The van der Waals surface area contributed by atoms with E-state index in [1.54, 1.807) is 6.92 Å². The number of hydrogen-bond acceptors (Lipinski definition) is 5. The second-order valence-electron chi connectivity index (χ2n) is 3.90. The summed E-state index contributed by atoms with van der Waals surface area (Å²) >= 11 is 4.98. The molecule has 2 aromatic rings. The van der Waals surface area contributed by atoms with Gasteiger partial charge in [0.1, 0.15) is 12.4 Å². The lowest BCUT2D eigenvalue weighted by Crippen LogP contribution is -2.12. The molecular formula is C11H10N4O3S. The average Bonchev–Trinajstić information content (AvgIpc) is 2.68. The van der Waals surface area contributed by atoms with E-state index in [1.165, 1.54) is 28.9 Å². The van der Waals surface area contributed by atoms with E-state index >= 15 is 0 Å². The van der Waals surface area contributed by atoms with Crippen molar-refractivity contribution in [3.8, 4) is 0 Å². The van der Waals surface area contributed by atoms with Crippen molar-refractivity contribution >= 4 is 23.7 Å². The molecule has 19 heavy (non-hydrogen) atoms. The smallest absolute Gasteiger partial charge is 0.269 e. The van der Waals surface area contributed by atoms with Crippen LogP contribution in [-0.4, -0.2) is 25.5 Å². The van der Waals surface area contributed by atoms with Crippen molar-refractivity contribution in [1.82, 2.24) is 14.8 Å². The highest BCUT2D eigenvalue weighted by molar-refractivity contribution is 7.71. The molecule has 1 aromatic carbocycles. The molecule has 0 atom stereocenters. The predicted octanol–water partition coefficient (Wildman–Crippen LogP) is 2.04. The topological polar surface area (TPSA) is 93.8 Å². The normalized spacial score (nSPS) is 10.4. The van der Waals surface area contributed by atoms with Crippen molar-refractivity contribution in [1.29, 1.82) is 0 Å². The number of nitrogens with one attached hydrogen (secondary N) is 1. The van der Waals surface area contributed by atoms with Gasteiger partial charge in [0.05, 0.1) is 4.92 Å². The van der Waals surface area contributed by atoms with Gasteiger partial charge in [-0.2, -0.15) is 0 Å². The van der Waals surface area contributed by atoms with Crippen LogP contribution >= 0.6 is 12.2 Å². The summed E-state index contributed by atoms with van der Waals surface area (Å²) in [5.74, 6) is 0.427. The molecule has 1 aromatic heterocycles. The Kier molecular flexibility index (Phi) is 3.52. The number of aryl methyl sites for hydroxylation is 1. The molecule has 98 valence electrons. The SMILES string of the molecule is Cc1nc(=S)n(CC(=O)c2ccc([N+](=O)[O-])cc2)[nH]1. The van der Waals surface area contributed by atoms with Gasteiger partial charge < -0.3 is 0 Å². The molecule has 7 nitrogen and oxygen atoms in total. The molecule has 0 spiro atoms. The Morgan fingerprint density at radius 3 is 2.58 bits per heavy atom. The second-order valence-corrected chi connectivity index (χ2v) is 4.27. The molecular weight excluding hydrogens is 268 g/mol. The first-order valence-corrected chi connectivity index (χ1v) is 5.79. The first-order chi connectivity index (χ1) is 8.97. The maximum absolute atomic E-state index is 12.0. The number of aromatic nitrogens is 3. The van der Waals surface area contributed by atoms with Crippen LogP contribution in [0.2, 0.25) is 0 Å². The summed E-state index contributed by atoms with van der Waals surface area (Å²) in [7, 11) is 0. The Morgan fingerprint density at radius 1 is 1.47 bits per heavy atom. The number of benzene rings is 1. The first kappa shape index (κ1) is 13.1. The number of non-ortho nitro benzene ring substituents is 1. The molecule has 0 aliphatic rings. The molecule has 0 amide bonds. The van der Waals surface area contributed by atoms with Crippen molar-refractivity contribution in [3.63, 3.8) is 0 Å². The van der Waals surface area contributed by atoms with Gasteiger partial charge in [0.25, 0.3) is 5.69 Å². The van der Waals surface area contributed by atoms with Gasteiger partial charge in [0, 0.05) is 17.7 Å². The summed E-state index contributed by atoms with van der Waals surface area (Å²) in [4.78, 5) is 25.9. The number of hydrogen-bond donors (Lipinski definition) is 1. The number of Topliss-reactive ketones (excluding diaryl/α,β-unsaturated/α-hetero) is 1. The first-order valence-electron chi connectivity index (χ1n) is 5.38. The van der Waals surface area contributed by atoms with E-state index in [0.717, 1.165) is 0 Å². The van der Waals surface area contributed by atoms with E-state index in [0.29, 0.717) is 16.2 Å². The van der Waals surface area contributed by atoms with Gasteiger partial charge >= 0.3 is 0 Å². The molecule has 0 bridgehead atoms. The van der Waals surface area contributed by atoms with Crippen molar-refractivity contribution in [2.45, 2.75) is 13.5 Å². The molecule has 1 N–H and O–H groups in total. The van der Waals surface area contributed by atoms with Crippen LogP contribution in [0.25, 0.3) is 0 Å². The molecule has 0 saturated heterocycles. The minimum Gasteiger partial charge on any atom is -0.292 e. The van der Waals surface area contributed by atoms with Crippen LogP contribution < -0.4 is 0 Å². The summed E-state index contributed by atoms with van der Waals surface area (Å²) in [5, 5.41) is 13.4. The average molecular weight is 278 g/mol. The summed E-state index contributed by atoms with van der Waals surface area (Å²) in [5.41, 5.74) is 0.338. The van der Waals surface area contributed by atoms with Crippen LogP contribution in [0.3, 0.4) is 0 Å². The van der Waals surface area contributed by atoms with Crippen molar-refractivity contribution in [2.24, 2.45) is 0 Å². The number of aromatic amines is 1. The zero-order chi connectivity index (χ0) is 14.0. The van der Waals surface area contributed by atoms with Gasteiger partial charge in [-0.1, -0.05) is 0 Å². The highest BCUT2D eigenvalue weighted by Gasteiger charge is 2.11. The highest BCUT2D eigenvalue weighted by atomic mass is 32.1. The predicted molar refractivity (Wildman–Crippen MR) is 69.6 cm³/mol. The molecule has 0 aliphatic heterocycles. The third-order valence-corrected chi connectivity index (χ3v) is 2.80. The minimum absolute atomic E-state index is 0.0253. The Labute approximate surface area is 113 Å². The highest BCUT2D eigenvalue weighted by Crippen LogP contribution is 2.12. The number of carbonyl (C=O) groups is 1. The molecule has 0 fully saturated rings. The summed E-state index contributed by atoms with van der Waals surface area (Å²) in [6.45, 7) is 1.76. The number of H-pyrrole nitrogens is 1. The van der Waals surface area contributed by atoms with Gasteiger partial charge in [-0.25, -0.2) is 4.98 Å². The van der Waals surface area contributed by atoms with Crippen molar-refractivity contribution in [3.05, 3.63) is 50.5 Å². The number of ketones is 1. The Bertz CT molecular complexity index is 687. The number of rotatable bonds is 4. The van der Waals surface area contributed by atoms with E-state index in [4.69, 9.17) is 12.2 Å².